The van der Waals surface area contributed by atoms with Crippen LogP contribution >= 0.6 is 0 Å². The van der Waals surface area contributed by atoms with Crippen molar-refractivity contribution in [1.82, 2.24) is 4.90 Å². The van der Waals surface area contributed by atoms with Gasteiger partial charge in [0.25, 0.3) is 5.91 Å². The maximum absolute atomic E-state index is 13.7. The van der Waals surface area contributed by atoms with Gasteiger partial charge in [-0.2, -0.15) is 8.78 Å². The molecule has 1 fully saturated rings. The molecule has 1 N–H and O–H groups in total. The Labute approximate surface area is 102 Å². The van der Waals surface area contributed by atoms with Gasteiger partial charge < -0.3 is 14.7 Å². The summed E-state index contributed by atoms with van der Waals surface area (Å²) in [6, 6.07) is -2.46. The van der Waals surface area contributed by atoms with Crippen LogP contribution in [0.3, 0.4) is 0 Å². The minimum absolute atomic E-state index is 0.0415. The summed E-state index contributed by atoms with van der Waals surface area (Å²) in [4.78, 5) is 24.1. The molecule has 0 bridgehead atoms. The zero-order valence-corrected chi connectivity index (χ0v) is 9.73. The predicted octanol–water partition coefficient (Wildman–Crippen LogP) is 1.000. The highest BCUT2D eigenvalue weighted by molar-refractivity contribution is 5.94. The molecule has 1 unspecified atom stereocenters. The van der Waals surface area contributed by atoms with E-state index in [2.05, 4.69) is 0 Å². The Morgan fingerprint density at radius 3 is 2.89 bits per heavy atom. The second kappa shape index (κ2) is 4.22. The van der Waals surface area contributed by atoms with Crippen LogP contribution in [0, 0.1) is 0 Å². The second-order valence-electron chi connectivity index (χ2n) is 4.26. The number of carbonyl (C=O) groups excluding carboxylic acids is 2. The molecule has 0 aromatic carbocycles. The summed E-state index contributed by atoms with van der Waals surface area (Å²) in [7, 11) is 0. The van der Waals surface area contributed by atoms with Crippen LogP contribution in [0.5, 0.6) is 0 Å². The molecular weight excluding hydrogens is 248 g/mol. The largest absolute Gasteiger partial charge is 0.506 e. The van der Waals surface area contributed by atoms with Crippen molar-refractivity contribution in [1.29, 1.82) is 0 Å². The van der Waals surface area contributed by atoms with Crippen LogP contribution in [-0.4, -0.2) is 46.5 Å². The molecule has 1 amide bonds. The van der Waals surface area contributed by atoms with Crippen LogP contribution in [0.15, 0.2) is 11.8 Å². The Hall–Kier alpha value is -1.66. The van der Waals surface area contributed by atoms with Crippen LogP contribution in [0.2, 0.25) is 0 Å². The first-order valence-electron chi connectivity index (χ1n) is 5.67. The third kappa shape index (κ3) is 1.74. The Kier molecular flexibility index (Phi) is 3.00. The van der Waals surface area contributed by atoms with E-state index < -0.39 is 35.6 Å². The molecule has 0 aromatic heterocycles. The molecule has 0 aromatic rings. The standard InChI is InChI=1S/C11H13F2NO4/c1-2-18-10(17)6-3-4-7-11(12,13)8(15)5-9(16)14(6)7/h5-7,15H,2-4H2,1H3/t6-,7?/m0/s1. The van der Waals surface area contributed by atoms with E-state index in [0.29, 0.717) is 6.08 Å². The van der Waals surface area contributed by atoms with Gasteiger partial charge in [0, 0.05) is 6.08 Å². The first kappa shape index (κ1) is 12.8. The van der Waals surface area contributed by atoms with Gasteiger partial charge in [0.15, 0.2) is 5.76 Å². The monoisotopic (exact) mass is 261 g/mol. The lowest BCUT2D eigenvalue weighted by Crippen LogP contribution is -2.55. The third-order valence-electron chi connectivity index (χ3n) is 3.22. The van der Waals surface area contributed by atoms with E-state index in [1.54, 1.807) is 6.92 Å². The molecule has 2 atom stereocenters. The number of ether oxygens (including phenoxy) is 1. The van der Waals surface area contributed by atoms with E-state index in [4.69, 9.17) is 9.84 Å². The molecule has 1 saturated heterocycles. The second-order valence-corrected chi connectivity index (χ2v) is 4.26. The molecule has 0 aliphatic carbocycles. The molecule has 0 radical (unpaired) electrons. The zero-order valence-electron chi connectivity index (χ0n) is 9.73. The number of rotatable bonds is 2. The lowest BCUT2D eigenvalue weighted by molar-refractivity contribution is -0.159. The first-order valence-corrected chi connectivity index (χ1v) is 5.67. The number of aliphatic hydroxyl groups excluding tert-OH is 1. The molecule has 5 nitrogen and oxygen atoms in total. The minimum atomic E-state index is -3.50. The van der Waals surface area contributed by atoms with Gasteiger partial charge in [-0.15, -0.1) is 0 Å². The van der Waals surface area contributed by atoms with Gasteiger partial charge in [-0.1, -0.05) is 0 Å². The average molecular weight is 261 g/mol. The lowest BCUT2D eigenvalue weighted by Gasteiger charge is -2.36. The van der Waals surface area contributed by atoms with E-state index in [-0.39, 0.29) is 19.4 Å². The lowest BCUT2D eigenvalue weighted by atomic mass is 10.0. The molecule has 0 saturated carbocycles. The van der Waals surface area contributed by atoms with Crippen LogP contribution in [0.1, 0.15) is 19.8 Å². The van der Waals surface area contributed by atoms with E-state index in [1.165, 1.54) is 0 Å². The number of hydrogen-bond donors (Lipinski definition) is 1. The number of halogens is 2. The molecule has 2 aliphatic heterocycles. The highest BCUT2D eigenvalue weighted by Gasteiger charge is 2.57. The topological polar surface area (TPSA) is 66.8 Å². The first-order chi connectivity index (χ1) is 8.39. The van der Waals surface area contributed by atoms with Crippen LogP contribution < -0.4 is 0 Å². The van der Waals surface area contributed by atoms with Crippen LogP contribution in [0.4, 0.5) is 8.78 Å². The van der Waals surface area contributed by atoms with Crippen molar-refractivity contribution in [3.05, 3.63) is 11.8 Å². The van der Waals surface area contributed by atoms with E-state index in [0.717, 1.165) is 4.90 Å². The van der Waals surface area contributed by atoms with Gasteiger partial charge in [-0.05, 0) is 19.8 Å². The van der Waals surface area contributed by atoms with E-state index in [9.17, 15) is 18.4 Å². The van der Waals surface area contributed by atoms with Gasteiger partial charge in [-0.25, -0.2) is 4.79 Å². The van der Waals surface area contributed by atoms with Crippen molar-refractivity contribution in [3.63, 3.8) is 0 Å². The zero-order chi connectivity index (χ0) is 13.5. The van der Waals surface area contributed by atoms with Crippen molar-refractivity contribution in [2.45, 2.75) is 37.8 Å². The number of fused-ring (bicyclic) bond motifs is 1. The fraction of sp³-hybridized carbons (Fsp3) is 0.636. The summed E-state index contributed by atoms with van der Waals surface area (Å²) in [5, 5.41) is 9.13. The number of nitrogens with zero attached hydrogens (tertiary/aromatic N) is 1. The Bertz CT molecular complexity index is 421. The highest BCUT2D eigenvalue weighted by Crippen LogP contribution is 2.41. The Morgan fingerprint density at radius 2 is 2.28 bits per heavy atom. The van der Waals surface area contributed by atoms with Gasteiger partial charge in [0.2, 0.25) is 0 Å². The van der Waals surface area contributed by atoms with Gasteiger partial charge in [0.05, 0.1) is 6.61 Å². The number of carbonyl (C=O) groups is 2. The predicted molar refractivity (Wildman–Crippen MR) is 55.9 cm³/mol. The van der Waals surface area contributed by atoms with Crippen LogP contribution in [0.25, 0.3) is 0 Å². The fourth-order valence-electron chi connectivity index (χ4n) is 2.40. The molecule has 7 heteroatoms. The summed E-state index contributed by atoms with van der Waals surface area (Å²) in [5.41, 5.74) is 0. The van der Waals surface area contributed by atoms with Crippen molar-refractivity contribution < 1.29 is 28.2 Å². The van der Waals surface area contributed by atoms with Crippen molar-refractivity contribution in [2.24, 2.45) is 0 Å². The number of alkyl halides is 2. The molecule has 2 rings (SSSR count). The molecule has 18 heavy (non-hydrogen) atoms. The molecule has 2 aliphatic rings. The summed E-state index contributed by atoms with van der Waals surface area (Å²) < 4.78 is 32.1. The normalized spacial score (nSPS) is 29.8. The van der Waals surface area contributed by atoms with Gasteiger partial charge >= 0.3 is 11.9 Å². The summed E-state index contributed by atoms with van der Waals surface area (Å²) in [5.74, 6) is -6.20. The highest BCUT2D eigenvalue weighted by atomic mass is 19.3. The van der Waals surface area contributed by atoms with Crippen LogP contribution in [-0.2, 0) is 14.3 Å². The number of esters is 1. The smallest absolute Gasteiger partial charge is 0.328 e. The Balaban J connectivity index is 2.29. The Morgan fingerprint density at radius 1 is 1.61 bits per heavy atom. The molecule has 100 valence electrons. The summed E-state index contributed by atoms with van der Waals surface area (Å²) >= 11 is 0. The number of amides is 1. The number of hydrogen-bond acceptors (Lipinski definition) is 4. The van der Waals surface area contributed by atoms with E-state index in [1.807, 2.05) is 0 Å². The molecular formula is C11H13F2NO4. The third-order valence-corrected chi connectivity index (χ3v) is 3.22. The van der Waals surface area contributed by atoms with Gasteiger partial charge in [0.1, 0.15) is 12.1 Å². The molecule has 2 heterocycles. The van der Waals surface area contributed by atoms with E-state index >= 15 is 0 Å². The number of aliphatic hydroxyl groups is 1. The SMILES string of the molecule is CCOC(=O)[C@@H]1CCC2N1C(=O)C=C(O)C2(F)F. The molecule has 0 spiro atoms. The summed E-state index contributed by atoms with van der Waals surface area (Å²) in [6.07, 6.45) is 0.542. The summed E-state index contributed by atoms with van der Waals surface area (Å²) in [6.45, 7) is 1.72. The quantitative estimate of drug-likeness (QED) is 0.753. The van der Waals surface area contributed by atoms with Crippen molar-refractivity contribution in [3.8, 4) is 0 Å². The van der Waals surface area contributed by atoms with Crippen molar-refractivity contribution >= 4 is 11.9 Å². The fourth-order valence-corrected chi connectivity index (χ4v) is 2.40. The maximum atomic E-state index is 13.7. The van der Waals surface area contributed by atoms with Crippen molar-refractivity contribution in [2.75, 3.05) is 6.61 Å². The average Bonchev–Trinajstić information content (AvgIpc) is 2.72. The van der Waals surface area contributed by atoms with Gasteiger partial charge in [-0.3, -0.25) is 4.79 Å². The minimum Gasteiger partial charge on any atom is -0.506 e. The maximum Gasteiger partial charge on any atom is 0.328 e.